The number of hydrogen-bond acceptors (Lipinski definition) is 3. The largest absolute Gasteiger partial charge is 0.373 e. The van der Waals surface area contributed by atoms with Gasteiger partial charge in [-0.1, -0.05) is 6.07 Å². The standard InChI is InChI=1S/C16H15F2NO2S/c17-11-4-3-10(8-12(11)18)9-19-16(20)15-6-5-14(22-15)13-2-1-7-21-13/h3-6,8,13H,1-2,7,9H2,(H,19,20)/t13-/m0/s1. The highest BCUT2D eigenvalue weighted by Gasteiger charge is 2.20. The van der Waals surface area contributed by atoms with Crippen LogP contribution in [-0.4, -0.2) is 12.5 Å². The highest BCUT2D eigenvalue weighted by molar-refractivity contribution is 7.14. The van der Waals surface area contributed by atoms with Gasteiger partial charge in [-0.15, -0.1) is 11.3 Å². The predicted molar refractivity (Wildman–Crippen MR) is 79.8 cm³/mol. The first-order valence-electron chi connectivity index (χ1n) is 7.07. The van der Waals surface area contributed by atoms with Crippen molar-refractivity contribution in [3.8, 4) is 0 Å². The van der Waals surface area contributed by atoms with Gasteiger partial charge in [0.15, 0.2) is 11.6 Å². The van der Waals surface area contributed by atoms with Gasteiger partial charge in [0.05, 0.1) is 11.0 Å². The lowest BCUT2D eigenvalue weighted by atomic mass is 10.2. The van der Waals surface area contributed by atoms with Crippen molar-refractivity contribution >= 4 is 17.2 Å². The average Bonchev–Trinajstić information content (AvgIpc) is 3.18. The molecule has 0 bridgehead atoms. The number of thiophene rings is 1. The van der Waals surface area contributed by atoms with Crippen molar-refractivity contribution in [1.29, 1.82) is 0 Å². The van der Waals surface area contributed by atoms with Crippen molar-refractivity contribution in [1.82, 2.24) is 5.32 Å². The van der Waals surface area contributed by atoms with Crippen LogP contribution in [0.4, 0.5) is 8.78 Å². The monoisotopic (exact) mass is 323 g/mol. The summed E-state index contributed by atoms with van der Waals surface area (Å²) in [6, 6.07) is 7.26. The van der Waals surface area contributed by atoms with Gasteiger partial charge in [-0.2, -0.15) is 0 Å². The summed E-state index contributed by atoms with van der Waals surface area (Å²) in [6.07, 6.45) is 2.12. The van der Waals surface area contributed by atoms with E-state index < -0.39 is 11.6 Å². The summed E-state index contributed by atoms with van der Waals surface area (Å²) in [6.45, 7) is 0.920. The number of amides is 1. The minimum Gasteiger partial charge on any atom is -0.373 e. The lowest BCUT2D eigenvalue weighted by Crippen LogP contribution is -2.21. The second-order valence-electron chi connectivity index (χ2n) is 5.13. The smallest absolute Gasteiger partial charge is 0.261 e. The van der Waals surface area contributed by atoms with Crippen LogP contribution in [0.2, 0.25) is 0 Å². The molecule has 1 fully saturated rings. The third kappa shape index (κ3) is 3.34. The number of nitrogens with one attached hydrogen (secondary N) is 1. The van der Waals surface area contributed by atoms with Crippen LogP contribution in [0, 0.1) is 11.6 Å². The van der Waals surface area contributed by atoms with Gasteiger partial charge >= 0.3 is 0 Å². The molecule has 1 aliphatic rings. The Labute approximate surface area is 130 Å². The fourth-order valence-electron chi connectivity index (χ4n) is 2.37. The summed E-state index contributed by atoms with van der Waals surface area (Å²) in [4.78, 5) is 13.7. The molecule has 22 heavy (non-hydrogen) atoms. The van der Waals surface area contributed by atoms with E-state index in [2.05, 4.69) is 5.32 Å². The second kappa shape index (κ2) is 6.54. The predicted octanol–water partition coefficient (Wildman–Crippen LogP) is 3.81. The first-order chi connectivity index (χ1) is 10.6. The fourth-order valence-corrected chi connectivity index (χ4v) is 3.38. The van der Waals surface area contributed by atoms with Crippen LogP contribution < -0.4 is 5.32 Å². The number of ether oxygens (including phenoxy) is 1. The van der Waals surface area contributed by atoms with E-state index in [-0.39, 0.29) is 18.6 Å². The number of rotatable bonds is 4. The summed E-state index contributed by atoms with van der Waals surface area (Å²) in [5.74, 6) is -2.03. The Morgan fingerprint density at radius 2 is 2.14 bits per heavy atom. The van der Waals surface area contributed by atoms with Crippen LogP contribution in [0.3, 0.4) is 0 Å². The molecule has 3 nitrogen and oxygen atoms in total. The summed E-state index contributed by atoms with van der Waals surface area (Å²) in [7, 11) is 0. The molecule has 0 unspecified atom stereocenters. The Balaban J connectivity index is 1.60. The molecule has 0 aliphatic carbocycles. The van der Waals surface area contributed by atoms with Crippen LogP contribution in [0.15, 0.2) is 30.3 Å². The molecule has 2 heterocycles. The van der Waals surface area contributed by atoms with E-state index in [1.165, 1.54) is 17.4 Å². The minimum atomic E-state index is -0.913. The van der Waals surface area contributed by atoms with Gasteiger partial charge in [0.1, 0.15) is 0 Å². The third-order valence-corrected chi connectivity index (χ3v) is 4.71. The van der Waals surface area contributed by atoms with Gasteiger partial charge in [0.25, 0.3) is 5.91 Å². The Hall–Kier alpha value is -1.79. The van der Waals surface area contributed by atoms with Crippen molar-refractivity contribution in [2.75, 3.05) is 6.61 Å². The average molecular weight is 323 g/mol. The first-order valence-corrected chi connectivity index (χ1v) is 7.88. The maximum absolute atomic E-state index is 13.1. The normalized spacial score (nSPS) is 17.6. The van der Waals surface area contributed by atoms with Gasteiger partial charge in [-0.3, -0.25) is 4.79 Å². The van der Waals surface area contributed by atoms with E-state index in [0.717, 1.165) is 36.5 Å². The maximum Gasteiger partial charge on any atom is 0.261 e. The third-order valence-electron chi connectivity index (χ3n) is 3.53. The SMILES string of the molecule is O=C(NCc1ccc(F)c(F)c1)c1ccc([C@@H]2CCCO2)s1. The second-order valence-corrected chi connectivity index (χ2v) is 6.25. The molecule has 0 spiro atoms. The molecule has 0 radical (unpaired) electrons. The topological polar surface area (TPSA) is 38.3 Å². The minimum absolute atomic E-state index is 0.0951. The Morgan fingerprint density at radius 3 is 2.86 bits per heavy atom. The lowest BCUT2D eigenvalue weighted by Gasteiger charge is -2.06. The molecule has 1 aromatic heterocycles. The molecule has 0 saturated carbocycles. The quantitative estimate of drug-likeness (QED) is 0.929. The van der Waals surface area contributed by atoms with Gasteiger partial charge in [-0.05, 0) is 42.7 Å². The molecule has 1 aliphatic heterocycles. The first kappa shape index (κ1) is 15.1. The highest BCUT2D eigenvalue weighted by atomic mass is 32.1. The van der Waals surface area contributed by atoms with Crippen LogP contribution in [0.5, 0.6) is 0 Å². The zero-order valence-electron chi connectivity index (χ0n) is 11.8. The van der Waals surface area contributed by atoms with E-state index in [1.54, 1.807) is 6.07 Å². The number of carbonyl (C=O) groups excluding carboxylic acids is 1. The summed E-state index contributed by atoms with van der Waals surface area (Å²) < 4.78 is 31.5. The zero-order valence-corrected chi connectivity index (χ0v) is 12.6. The van der Waals surface area contributed by atoms with Crippen molar-refractivity contribution in [2.24, 2.45) is 0 Å². The molecular formula is C16H15F2NO2S. The van der Waals surface area contributed by atoms with E-state index in [1.807, 2.05) is 6.07 Å². The fraction of sp³-hybridized carbons (Fsp3) is 0.312. The van der Waals surface area contributed by atoms with Crippen LogP contribution in [0.25, 0.3) is 0 Å². The molecule has 1 amide bonds. The number of benzene rings is 1. The van der Waals surface area contributed by atoms with Gasteiger partial charge in [0, 0.05) is 18.0 Å². The van der Waals surface area contributed by atoms with Gasteiger partial charge in [0.2, 0.25) is 0 Å². The molecule has 116 valence electrons. The Morgan fingerprint density at radius 1 is 1.27 bits per heavy atom. The Bertz CT molecular complexity index is 681. The summed E-state index contributed by atoms with van der Waals surface area (Å²) >= 11 is 1.41. The molecule has 6 heteroatoms. The van der Waals surface area contributed by atoms with Crippen LogP contribution >= 0.6 is 11.3 Å². The van der Waals surface area contributed by atoms with Crippen molar-refractivity contribution in [3.05, 3.63) is 57.3 Å². The Kier molecular flexibility index (Phi) is 4.49. The number of halogens is 2. The molecule has 1 atom stereocenters. The number of hydrogen-bond donors (Lipinski definition) is 1. The van der Waals surface area contributed by atoms with Crippen molar-refractivity contribution < 1.29 is 18.3 Å². The van der Waals surface area contributed by atoms with E-state index >= 15 is 0 Å². The van der Waals surface area contributed by atoms with Crippen molar-refractivity contribution in [3.63, 3.8) is 0 Å². The summed E-state index contributed by atoms with van der Waals surface area (Å²) in [5, 5.41) is 2.71. The molecule has 1 aromatic carbocycles. The van der Waals surface area contributed by atoms with E-state index in [0.29, 0.717) is 10.4 Å². The molecular weight excluding hydrogens is 308 g/mol. The molecule has 1 N–H and O–H groups in total. The van der Waals surface area contributed by atoms with Gasteiger partial charge in [-0.25, -0.2) is 8.78 Å². The maximum atomic E-state index is 13.1. The molecule has 3 rings (SSSR count). The lowest BCUT2D eigenvalue weighted by molar-refractivity contribution is 0.0955. The number of carbonyl (C=O) groups is 1. The highest BCUT2D eigenvalue weighted by Crippen LogP contribution is 2.33. The van der Waals surface area contributed by atoms with Crippen LogP contribution in [0.1, 0.15) is 39.1 Å². The molecule has 1 saturated heterocycles. The zero-order chi connectivity index (χ0) is 15.5. The molecule has 2 aromatic rings. The van der Waals surface area contributed by atoms with E-state index in [4.69, 9.17) is 4.74 Å². The van der Waals surface area contributed by atoms with Crippen molar-refractivity contribution in [2.45, 2.75) is 25.5 Å². The summed E-state index contributed by atoms with van der Waals surface area (Å²) in [5.41, 5.74) is 0.517. The van der Waals surface area contributed by atoms with E-state index in [9.17, 15) is 13.6 Å². The van der Waals surface area contributed by atoms with Crippen LogP contribution in [-0.2, 0) is 11.3 Å². The van der Waals surface area contributed by atoms with Gasteiger partial charge < -0.3 is 10.1 Å².